The van der Waals surface area contributed by atoms with E-state index >= 15 is 0 Å². The molecule has 0 unspecified atom stereocenters. The molecule has 8 aromatic carbocycles. The Morgan fingerprint density at radius 3 is 1.68 bits per heavy atom. The first-order chi connectivity index (χ1) is 29.1. The van der Waals surface area contributed by atoms with Crippen molar-refractivity contribution in [1.29, 1.82) is 0 Å². The average molecular weight is 807 g/mol. The van der Waals surface area contributed by atoms with Crippen LogP contribution in [0.2, 0.25) is 5.02 Å². The number of halogens is 1. The second-order valence-electron chi connectivity index (χ2n) is 14.1. The van der Waals surface area contributed by atoms with Crippen LogP contribution in [-0.4, -0.2) is 27.8 Å². The first-order valence-corrected chi connectivity index (χ1v) is 19.1. The second kappa shape index (κ2) is 15.4. The van der Waals surface area contributed by atoms with Gasteiger partial charge in [0.1, 0.15) is 11.4 Å². The van der Waals surface area contributed by atoms with Crippen molar-refractivity contribution in [3.05, 3.63) is 178 Å². The van der Waals surface area contributed by atoms with Crippen molar-refractivity contribution in [1.82, 2.24) is 0 Å². The molecule has 60 heavy (non-hydrogen) atoms. The zero-order valence-electron chi connectivity index (χ0n) is 31.6. The van der Waals surface area contributed by atoms with E-state index in [0.717, 1.165) is 5.56 Å². The number of fused-ring (bicyclic) bond motifs is 5. The van der Waals surface area contributed by atoms with Gasteiger partial charge in [0.25, 0.3) is 11.8 Å². The van der Waals surface area contributed by atoms with E-state index in [1.165, 1.54) is 0 Å². The number of aryl methyl sites for hydroxylation is 1. The summed E-state index contributed by atoms with van der Waals surface area (Å²) in [7, 11) is 0. The molecule has 1 aliphatic rings. The maximum Gasteiger partial charge on any atom is 0.259 e. The van der Waals surface area contributed by atoms with Crippen molar-refractivity contribution >= 4 is 84.9 Å². The lowest BCUT2D eigenvalue weighted by molar-refractivity contribution is 0.101. The number of benzene rings is 8. The monoisotopic (exact) mass is 806 g/mol. The highest BCUT2D eigenvalue weighted by molar-refractivity contribution is 6.34. The molecule has 1 aliphatic carbocycles. The number of carbonyl (C=O) groups excluding carboxylic acids is 3. The number of azo groups is 2. The van der Waals surface area contributed by atoms with E-state index in [1.54, 1.807) is 109 Å². The van der Waals surface area contributed by atoms with Crippen molar-refractivity contribution in [2.75, 3.05) is 10.6 Å². The van der Waals surface area contributed by atoms with Crippen molar-refractivity contribution < 1.29 is 24.6 Å². The summed E-state index contributed by atoms with van der Waals surface area (Å²) in [6, 6.07) is 41.9. The molecule has 0 radical (unpaired) electrons. The fraction of sp³-hybridized carbons (Fsp3) is 0.0208. The zero-order chi connectivity index (χ0) is 41.5. The Labute approximate surface area is 347 Å². The summed E-state index contributed by atoms with van der Waals surface area (Å²) in [6.45, 7) is 1.95. The number of nitrogens with zero attached hydrogens (tertiary/aromatic N) is 4. The number of aromatic hydroxyl groups is 2. The molecular weight excluding hydrogens is 776 g/mol. The van der Waals surface area contributed by atoms with Crippen molar-refractivity contribution in [2.45, 2.75) is 6.92 Å². The summed E-state index contributed by atoms with van der Waals surface area (Å²) in [5.41, 5.74) is 5.19. The highest BCUT2D eigenvalue weighted by atomic mass is 35.5. The minimum Gasteiger partial charge on any atom is -0.505 e. The second-order valence-corrected chi connectivity index (χ2v) is 14.5. The topological polar surface area (TPSA) is 165 Å². The Hall–Kier alpha value is -8.02. The molecule has 4 N–H and O–H groups in total. The number of hydrogen-bond donors (Lipinski definition) is 4. The number of phenols is 2. The van der Waals surface area contributed by atoms with Gasteiger partial charge in [0.15, 0.2) is 17.3 Å². The standard InChI is InChI=1S/C48H31ClN6O5/c1-26-14-16-29(17-15-26)50-48(60)39-22-27-8-2-4-10-32(27)42(45(39)57)54-52-30-18-20-34-35-21-19-31(25-38(35)44(56)37(34)24-30)53-55-43-33-11-5-3-9-28(33)23-41(46(43)58)51-47(59)36-12-6-7-13-40(36)49/h2-25,57-58H,1H3,(H,50,60)(H,51,59). The van der Waals surface area contributed by atoms with Gasteiger partial charge < -0.3 is 20.8 Å². The number of rotatable bonds is 8. The van der Waals surface area contributed by atoms with Gasteiger partial charge in [0, 0.05) is 27.6 Å². The minimum absolute atomic E-state index is 0.0343. The molecule has 11 nitrogen and oxygen atoms in total. The lowest BCUT2D eigenvalue weighted by Crippen LogP contribution is -2.12. The van der Waals surface area contributed by atoms with Gasteiger partial charge in [-0.3, -0.25) is 14.4 Å². The molecule has 0 saturated carbocycles. The predicted octanol–water partition coefficient (Wildman–Crippen LogP) is 12.9. The predicted molar refractivity (Wildman–Crippen MR) is 233 cm³/mol. The van der Waals surface area contributed by atoms with E-state index in [-0.39, 0.29) is 50.5 Å². The normalized spacial score (nSPS) is 12.0. The van der Waals surface area contributed by atoms with E-state index in [0.29, 0.717) is 60.9 Å². The number of carbonyl (C=O) groups is 3. The molecule has 0 aromatic heterocycles. The van der Waals surface area contributed by atoms with Crippen molar-refractivity contribution in [3.63, 3.8) is 0 Å². The van der Waals surface area contributed by atoms with Gasteiger partial charge in [-0.1, -0.05) is 102 Å². The molecule has 12 heteroatoms. The van der Waals surface area contributed by atoms with Crippen LogP contribution in [0.3, 0.4) is 0 Å². The third-order valence-corrected chi connectivity index (χ3v) is 10.6. The third-order valence-electron chi connectivity index (χ3n) is 10.2. The van der Waals surface area contributed by atoms with Crippen LogP contribution in [0.1, 0.15) is 42.2 Å². The van der Waals surface area contributed by atoms with Gasteiger partial charge >= 0.3 is 0 Å². The molecule has 0 fully saturated rings. The Morgan fingerprint density at radius 2 is 1.07 bits per heavy atom. The number of ketones is 1. The SMILES string of the molecule is Cc1ccc(NC(=O)c2cc3ccccc3c(N=Nc3ccc4c(c3)C(=O)c3cc(N=Nc5c(O)c(NC(=O)c6ccccc6Cl)cc6ccccc56)ccc3-4)c2O)cc1. The molecule has 0 spiro atoms. The Kier molecular flexibility index (Phi) is 9.63. The Bertz CT molecular complexity index is 3160. The highest BCUT2D eigenvalue weighted by Gasteiger charge is 2.28. The van der Waals surface area contributed by atoms with Crippen LogP contribution in [0.4, 0.5) is 34.1 Å². The average Bonchev–Trinajstić information content (AvgIpc) is 3.53. The molecular formula is C48H31ClN6O5. The fourth-order valence-electron chi connectivity index (χ4n) is 7.17. The first-order valence-electron chi connectivity index (χ1n) is 18.7. The molecule has 0 bridgehead atoms. The summed E-state index contributed by atoms with van der Waals surface area (Å²) in [5.74, 6) is -1.88. The highest BCUT2D eigenvalue weighted by Crippen LogP contribution is 2.45. The number of hydrogen-bond acceptors (Lipinski definition) is 9. The maximum atomic E-state index is 13.9. The van der Waals surface area contributed by atoms with E-state index in [9.17, 15) is 24.6 Å². The summed E-state index contributed by atoms with van der Waals surface area (Å²) in [6.07, 6.45) is 0. The minimum atomic E-state index is -0.505. The summed E-state index contributed by atoms with van der Waals surface area (Å²) < 4.78 is 0. The molecule has 0 atom stereocenters. The molecule has 0 aliphatic heterocycles. The van der Waals surface area contributed by atoms with Gasteiger partial charge in [-0.05, 0) is 89.5 Å². The van der Waals surface area contributed by atoms with Crippen LogP contribution in [0.25, 0.3) is 32.7 Å². The first kappa shape index (κ1) is 37.6. The number of nitrogens with one attached hydrogen (secondary N) is 2. The zero-order valence-corrected chi connectivity index (χ0v) is 32.4. The van der Waals surface area contributed by atoms with Gasteiger partial charge in [-0.2, -0.15) is 10.2 Å². The number of amides is 2. The van der Waals surface area contributed by atoms with Crippen LogP contribution in [0, 0.1) is 6.92 Å². The quantitative estimate of drug-likeness (QED) is 0.0885. The van der Waals surface area contributed by atoms with E-state index < -0.39 is 11.8 Å². The van der Waals surface area contributed by atoms with Crippen LogP contribution < -0.4 is 10.6 Å². The summed E-state index contributed by atoms with van der Waals surface area (Å²) in [4.78, 5) is 40.3. The lowest BCUT2D eigenvalue weighted by atomic mass is 10.0. The van der Waals surface area contributed by atoms with E-state index in [2.05, 4.69) is 31.1 Å². The van der Waals surface area contributed by atoms with Gasteiger partial charge in [0.05, 0.1) is 33.2 Å². The maximum absolute atomic E-state index is 13.9. The number of anilines is 2. The molecule has 9 rings (SSSR count). The summed E-state index contributed by atoms with van der Waals surface area (Å²) >= 11 is 6.24. The molecule has 0 saturated heterocycles. The molecule has 2 amide bonds. The van der Waals surface area contributed by atoms with E-state index in [1.807, 2.05) is 43.3 Å². The van der Waals surface area contributed by atoms with Gasteiger partial charge in [-0.15, -0.1) is 10.2 Å². The Morgan fingerprint density at radius 1 is 0.533 bits per heavy atom. The lowest BCUT2D eigenvalue weighted by Gasteiger charge is -2.12. The van der Waals surface area contributed by atoms with Crippen LogP contribution in [0.5, 0.6) is 11.5 Å². The van der Waals surface area contributed by atoms with Crippen LogP contribution in [-0.2, 0) is 0 Å². The van der Waals surface area contributed by atoms with Gasteiger partial charge in [-0.25, -0.2) is 0 Å². The van der Waals surface area contributed by atoms with Crippen LogP contribution >= 0.6 is 11.6 Å². The fourth-order valence-corrected chi connectivity index (χ4v) is 7.39. The van der Waals surface area contributed by atoms with Crippen LogP contribution in [0.15, 0.2) is 166 Å². The van der Waals surface area contributed by atoms with Gasteiger partial charge in [0.2, 0.25) is 0 Å². The van der Waals surface area contributed by atoms with E-state index in [4.69, 9.17) is 11.6 Å². The largest absolute Gasteiger partial charge is 0.505 e. The molecule has 290 valence electrons. The third kappa shape index (κ3) is 6.99. The Balaban J connectivity index is 0.989. The molecule has 0 heterocycles. The number of phenolic OH excluding ortho intramolecular Hbond substituents is 2. The summed E-state index contributed by atoms with van der Waals surface area (Å²) in [5, 5.41) is 48.7. The molecule has 8 aromatic rings. The smallest absolute Gasteiger partial charge is 0.259 e. The van der Waals surface area contributed by atoms with Crippen molar-refractivity contribution in [3.8, 4) is 22.6 Å². The van der Waals surface area contributed by atoms with Crippen molar-refractivity contribution in [2.24, 2.45) is 20.5 Å².